The van der Waals surface area contributed by atoms with E-state index in [-0.39, 0.29) is 0 Å². The minimum absolute atomic E-state index is 0.697. The Morgan fingerprint density at radius 2 is 2.06 bits per heavy atom. The standard InChI is InChI=1S/C11H9N5S/c1-2-10(17-7-1)8-16-11(13-14-15-16)9-3-5-12-6-4-9/h1-7H,8H2. The summed E-state index contributed by atoms with van der Waals surface area (Å²) in [6, 6.07) is 7.90. The lowest BCUT2D eigenvalue weighted by atomic mass is 10.2. The number of tetrazole rings is 1. The lowest BCUT2D eigenvalue weighted by Crippen LogP contribution is -2.03. The van der Waals surface area contributed by atoms with Crippen LogP contribution in [0.1, 0.15) is 4.88 Å². The summed E-state index contributed by atoms with van der Waals surface area (Å²) in [6.45, 7) is 0.697. The normalized spacial score (nSPS) is 10.6. The van der Waals surface area contributed by atoms with Gasteiger partial charge in [-0.15, -0.1) is 16.4 Å². The van der Waals surface area contributed by atoms with Gasteiger partial charge in [0.1, 0.15) is 0 Å². The first-order valence-corrected chi connectivity index (χ1v) is 6.00. The largest absolute Gasteiger partial charge is 0.265 e. The third-order valence-corrected chi connectivity index (χ3v) is 3.22. The minimum Gasteiger partial charge on any atom is -0.265 e. The van der Waals surface area contributed by atoms with Crippen molar-refractivity contribution >= 4 is 11.3 Å². The van der Waals surface area contributed by atoms with Gasteiger partial charge in [-0.3, -0.25) is 4.98 Å². The van der Waals surface area contributed by atoms with E-state index in [2.05, 4.69) is 26.6 Å². The van der Waals surface area contributed by atoms with E-state index in [0.717, 1.165) is 11.4 Å². The van der Waals surface area contributed by atoms with Crippen molar-refractivity contribution in [2.75, 3.05) is 0 Å². The summed E-state index contributed by atoms with van der Waals surface area (Å²) in [5, 5.41) is 13.8. The van der Waals surface area contributed by atoms with Gasteiger partial charge in [-0.25, -0.2) is 4.68 Å². The summed E-state index contributed by atoms with van der Waals surface area (Å²) < 4.78 is 1.79. The quantitative estimate of drug-likeness (QED) is 0.704. The molecule has 3 aromatic rings. The molecule has 0 aliphatic carbocycles. The Hall–Kier alpha value is -2.08. The fourth-order valence-corrected chi connectivity index (χ4v) is 2.25. The number of rotatable bonds is 3. The number of hydrogen-bond donors (Lipinski definition) is 0. The molecule has 0 spiro atoms. The molecule has 0 aromatic carbocycles. The first kappa shape index (κ1) is 10.1. The van der Waals surface area contributed by atoms with Crippen LogP contribution in [-0.4, -0.2) is 25.2 Å². The van der Waals surface area contributed by atoms with Crippen molar-refractivity contribution in [1.82, 2.24) is 25.2 Å². The second-order valence-corrected chi connectivity index (χ2v) is 4.51. The molecule has 0 aliphatic rings. The monoisotopic (exact) mass is 243 g/mol. The van der Waals surface area contributed by atoms with Crippen molar-refractivity contribution in [3.05, 3.63) is 46.9 Å². The minimum atomic E-state index is 0.697. The van der Waals surface area contributed by atoms with Crippen molar-refractivity contribution in [2.24, 2.45) is 0 Å². The lowest BCUT2D eigenvalue weighted by Gasteiger charge is -2.02. The molecule has 0 fully saturated rings. The van der Waals surface area contributed by atoms with Crippen molar-refractivity contribution in [2.45, 2.75) is 6.54 Å². The summed E-state index contributed by atoms with van der Waals surface area (Å²) in [7, 11) is 0. The van der Waals surface area contributed by atoms with Crippen molar-refractivity contribution in [3.63, 3.8) is 0 Å². The van der Waals surface area contributed by atoms with E-state index in [0.29, 0.717) is 6.54 Å². The van der Waals surface area contributed by atoms with Crippen LogP contribution in [0.25, 0.3) is 11.4 Å². The second kappa shape index (κ2) is 4.42. The van der Waals surface area contributed by atoms with E-state index in [9.17, 15) is 0 Å². The molecular formula is C11H9N5S. The lowest BCUT2D eigenvalue weighted by molar-refractivity contribution is 0.659. The predicted octanol–water partition coefficient (Wildman–Crippen LogP) is 1.84. The van der Waals surface area contributed by atoms with Gasteiger partial charge in [0.2, 0.25) is 0 Å². The van der Waals surface area contributed by atoms with Gasteiger partial charge in [-0.05, 0) is 34.0 Å². The Bertz CT molecular complexity index is 587. The zero-order chi connectivity index (χ0) is 11.5. The summed E-state index contributed by atoms with van der Waals surface area (Å²) in [5.41, 5.74) is 0.974. The molecule has 0 atom stereocenters. The molecule has 0 aliphatic heterocycles. The molecule has 3 heterocycles. The molecule has 3 rings (SSSR count). The molecule has 0 radical (unpaired) electrons. The van der Waals surface area contributed by atoms with Crippen LogP contribution in [0.4, 0.5) is 0 Å². The molecule has 3 aromatic heterocycles. The van der Waals surface area contributed by atoms with Crippen molar-refractivity contribution < 1.29 is 0 Å². The van der Waals surface area contributed by atoms with E-state index in [1.165, 1.54) is 4.88 Å². The molecule has 0 unspecified atom stereocenters. The van der Waals surface area contributed by atoms with Crippen LogP contribution >= 0.6 is 11.3 Å². The maximum Gasteiger partial charge on any atom is 0.182 e. The van der Waals surface area contributed by atoms with Gasteiger partial charge >= 0.3 is 0 Å². The number of aromatic nitrogens is 5. The first-order valence-electron chi connectivity index (χ1n) is 5.12. The Kier molecular flexibility index (Phi) is 2.63. The molecule has 0 bridgehead atoms. The van der Waals surface area contributed by atoms with Crippen LogP contribution in [0.3, 0.4) is 0 Å². The molecular weight excluding hydrogens is 234 g/mol. The average molecular weight is 243 g/mol. The van der Waals surface area contributed by atoms with E-state index >= 15 is 0 Å². The molecule has 0 amide bonds. The number of nitrogens with zero attached hydrogens (tertiary/aromatic N) is 5. The van der Waals surface area contributed by atoms with E-state index in [1.54, 1.807) is 28.4 Å². The Labute approximate surface area is 102 Å². The van der Waals surface area contributed by atoms with E-state index < -0.39 is 0 Å². The molecule has 0 saturated heterocycles. The van der Waals surface area contributed by atoms with Gasteiger partial charge in [0.05, 0.1) is 6.54 Å². The third-order valence-electron chi connectivity index (χ3n) is 2.36. The number of hydrogen-bond acceptors (Lipinski definition) is 5. The van der Waals surface area contributed by atoms with Gasteiger partial charge < -0.3 is 0 Å². The SMILES string of the molecule is c1csc(Cn2nnnc2-c2ccncc2)c1. The maximum atomic E-state index is 4.05. The molecule has 0 saturated carbocycles. The zero-order valence-corrected chi connectivity index (χ0v) is 9.71. The van der Waals surface area contributed by atoms with Crippen molar-refractivity contribution in [1.29, 1.82) is 0 Å². The Morgan fingerprint density at radius 3 is 2.82 bits per heavy atom. The van der Waals surface area contributed by atoms with E-state index in [4.69, 9.17) is 0 Å². The van der Waals surface area contributed by atoms with Gasteiger partial charge in [0, 0.05) is 22.8 Å². The Morgan fingerprint density at radius 1 is 1.18 bits per heavy atom. The fourth-order valence-electron chi connectivity index (χ4n) is 1.57. The molecule has 84 valence electrons. The Balaban J connectivity index is 1.95. The molecule has 0 N–H and O–H groups in total. The fraction of sp³-hybridized carbons (Fsp3) is 0.0909. The molecule has 5 nitrogen and oxygen atoms in total. The van der Waals surface area contributed by atoms with Crippen LogP contribution in [-0.2, 0) is 6.54 Å². The maximum absolute atomic E-state index is 4.05. The van der Waals surface area contributed by atoms with Crippen LogP contribution in [0, 0.1) is 0 Å². The third kappa shape index (κ3) is 2.07. The number of thiophene rings is 1. The topological polar surface area (TPSA) is 56.5 Å². The number of pyridine rings is 1. The highest BCUT2D eigenvalue weighted by Crippen LogP contribution is 2.17. The van der Waals surface area contributed by atoms with Crippen LogP contribution < -0.4 is 0 Å². The highest BCUT2D eigenvalue weighted by molar-refractivity contribution is 7.09. The summed E-state index contributed by atoms with van der Waals surface area (Å²) >= 11 is 1.70. The first-order chi connectivity index (χ1) is 8.43. The van der Waals surface area contributed by atoms with Gasteiger partial charge in [-0.2, -0.15) is 0 Å². The summed E-state index contributed by atoms with van der Waals surface area (Å²) in [6.07, 6.45) is 3.47. The molecule has 17 heavy (non-hydrogen) atoms. The van der Waals surface area contributed by atoms with Crippen LogP contribution in [0.15, 0.2) is 42.0 Å². The highest BCUT2D eigenvalue weighted by atomic mass is 32.1. The summed E-state index contributed by atoms with van der Waals surface area (Å²) in [5.74, 6) is 0.765. The van der Waals surface area contributed by atoms with Gasteiger partial charge in [-0.1, -0.05) is 6.07 Å². The van der Waals surface area contributed by atoms with E-state index in [1.807, 2.05) is 23.6 Å². The van der Waals surface area contributed by atoms with Crippen LogP contribution in [0.2, 0.25) is 0 Å². The molecule has 6 heteroatoms. The summed E-state index contributed by atoms with van der Waals surface area (Å²) in [4.78, 5) is 5.21. The second-order valence-electron chi connectivity index (χ2n) is 3.48. The smallest absolute Gasteiger partial charge is 0.182 e. The predicted molar refractivity (Wildman–Crippen MR) is 64.5 cm³/mol. The highest BCUT2D eigenvalue weighted by Gasteiger charge is 2.08. The average Bonchev–Trinajstić information content (AvgIpc) is 3.02. The van der Waals surface area contributed by atoms with Gasteiger partial charge in [0.25, 0.3) is 0 Å². The van der Waals surface area contributed by atoms with Crippen LogP contribution in [0.5, 0.6) is 0 Å². The zero-order valence-electron chi connectivity index (χ0n) is 8.89. The van der Waals surface area contributed by atoms with Gasteiger partial charge in [0.15, 0.2) is 5.82 Å². The van der Waals surface area contributed by atoms with Crippen molar-refractivity contribution in [3.8, 4) is 11.4 Å².